The fourth-order valence-electron chi connectivity index (χ4n) is 2.20. The van der Waals surface area contributed by atoms with Crippen LogP contribution in [0.3, 0.4) is 0 Å². The van der Waals surface area contributed by atoms with Gasteiger partial charge in [0.2, 0.25) is 5.91 Å². The Labute approximate surface area is 102 Å². The van der Waals surface area contributed by atoms with Crippen LogP contribution in [-0.2, 0) is 4.79 Å². The second kappa shape index (κ2) is 5.27. The average Bonchev–Trinajstić information content (AvgIpc) is 2.32. The number of aromatic nitrogens is 1. The van der Waals surface area contributed by atoms with Crippen molar-refractivity contribution >= 4 is 11.6 Å². The molecular weight excluding hydrogens is 214 g/mol. The lowest BCUT2D eigenvalue weighted by Crippen LogP contribution is -2.40. The number of nitrogens with one attached hydrogen (secondary N) is 2. The van der Waals surface area contributed by atoms with Crippen molar-refractivity contribution in [1.82, 2.24) is 10.3 Å². The smallest absolute Gasteiger partial charge is 0.227 e. The molecule has 0 aliphatic carbocycles. The molecular formula is C13H19N3O. The maximum Gasteiger partial charge on any atom is 0.227 e. The van der Waals surface area contributed by atoms with Gasteiger partial charge < -0.3 is 10.6 Å². The Morgan fingerprint density at radius 3 is 3.12 bits per heavy atom. The molecule has 0 bridgehead atoms. The number of amides is 1. The van der Waals surface area contributed by atoms with Gasteiger partial charge in [0.15, 0.2) is 0 Å². The van der Waals surface area contributed by atoms with Crippen LogP contribution in [0.2, 0.25) is 0 Å². The van der Waals surface area contributed by atoms with Crippen LogP contribution in [0.15, 0.2) is 18.5 Å². The van der Waals surface area contributed by atoms with Crippen LogP contribution in [-0.4, -0.2) is 23.5 Å². The summed E-state index contributed by atoms with van der Waals surface area (Å²) in [5, 5.41) is 6.32. The number of rotatable bonds is 2. The van der Waals surface area contributed by atoms with Gasteiger partial charge in [-0.15, -0.1) is 0 Å². The lowest BCUT2D eigenvalue weighted by atomic mass is 9.92. The lowest BCUT2D eigenvalue weighted by molar-refractivity contribution is -0.120. The highest BCUT2D eigenvalue weighted by atomic mass is 16.1. The lowest BCUT2D eigenvalue weighted by Gasteiger charge is -2.27. The maximum atomic E-state index is 12.1. The van der Waals surface area contributed by atoms with Crippen molar-refractivity contribution in [3.63, 3.8) is 0 Å². The fourth-order valence-corrected chi connectivity index (χ4v) is 2.20. The Bertz CT molecular complexity index is 405. The normalized spacial score (nSPS) is 24.4. The molecule has 17 heavy (non-hydrogen) atoms. The van der Waals surface area contributed by atoms with Gasteiger partial charge in [-0.3, -0.25) is 9.78 Å². The van der Waals surface area contributed by atoms with E-state index < -0.39 is 0 Å². The van der Waals surface area contributed by atoms with E-state index in [0.29, 0.717) is 6.04 Å². The molecule has 2 heterocycles. The molecule has 2 atom stereocenters. The van der Waals surface area contributed by atoms with Crippen molar-refractivity contribution < 1.29 is 4.79 Å². The number of anilines is 1. The van der Waals surface area contributed by atoms with E-state index in [-0.39, 0.29) is 11.8 Å². The first-order valence-electron chi connectivity index (χ1n) is 6.11. The van der Waals surface area contributed by atoms with Gasteiger partial charge in [-0.25, -0.2) is 0 Å². The highest BCUT2D eigenvalue weighted by Crippen LogP contribution is 2.19. The number of hydrogen-bond acceptors (Lipinski definition) is 3. The second-order valence-electron chi connectivity index (χ2n) is 4.76. The Morgan fingerprint density at radius 1 is 1.59 bits per heavy atom. The summed E-state index contributed by atoms with van der Waals surface area (Å²) >= 11 is 0. The Kier molecular flexibility index (Phi) is 3.74. The first kappa shape index (κ1) is 12.0. The van der Waals surface area contributed by atoms with Crippen LogP contribution in [0.4, 0.5) is 5.69 Å². The number of hydrogen-bond donors (Lipinski definition) is 2. The van der Waals surface area contributed by atoms with Gasteiger partial charge in [0, 0.05) is 18.2 Å². The van der Waals surface area contributed by atoms with E-state index >= 15 is 0 Å². The standard InChI is InChI=1S/C13H19N3O/c1-9-3-5-14-8-12(9)16-13(17)11-4-6-15-10(2)7-11/h3,5,8,10-11,15H,4,6-7H2,1-2H3,(H,16,17). The number of piperidine rings is 1. The van der Waals surface area contributed by atoms with Crippen molar-refractivity contribution in [2.75, 3.05) is 11.9 Å². The van der Waals surface area contributed by atoms with Crippen LogP contribution in [0.1, 0.15) is 25.3 Å². The molecule has 0 spiro atoms. The van der Waals surface area contributed by atoms with Gasteiger partial charge in [0.05, 0.1) is 11.9 Å². The van der Waals surface area contributed by atoms with Crippen LogP contribution in [0, 0.1) is 12.8 Å². The van der Waals surface area contributed by atoms with Gasteiger partial charge in [0.25, 0.3) is 0 Å². The molecule has 2 N–H and O–H groups in total. The largest absolute Gasteiger partial charge is 0.324 e. The molecule has 4 heteroatoms. The minimum Gasteiger partial charge on any atom is -0.324 e. The quantitative estimate of drug-likeness (QED) is 0.817. The molecule has 0 radical (unpaired) electrons. The summed E-state index contributed by atoms with van der Waals surface area (Å²) < 4.78 is 0. The number of aryl methyl sites for hydroxylation is 1. The molecule has 1 aliphatic rings. The van der Waals surface area contributed by atoms with Crippen LogP contribution in [0.5, 0.6) is 0 Å². The third-order valence-corrected chi connectivity index (χ3v) is 3.29. The molecule has 2 rings (SSSR count). The first-order valence-corrected chi connectivity index (χ1v) is 6.11. The molecule has 1 aromatic heterocycles. The Hall–Kier alpha value is -1.42. The number of carbonyl (C=O) groups is 1. The molecule has 1 saturated heterocycles. The zero-order valence-corrected chi connectivity index (χ0v) is 10.4. The zero-order valence-electron chi connectivity index (χ0n) is 10.4. The minimum absolute atomic E-state index is 0.117. The third-order valence-electron chi connectivity index (χ3n) is 3.29. The zero-order chi connectivity index (χ0) is 12.3. The Morgan fingerprint density at radius 2 is 2.41 bits per heavy atom. The fraction of sp³-hybridized carbons (Fsp3) is 0.538. The van der Waals surface area contributed by atoms with Crippen LogP contribution in [0.25, 0.3) is 0 Å². The van der Waals surface area contributed by atoms with Crippen molar-refractivity contribution in [2.45, 2.75) is 32.7 Å². The molecule has 4 nitrogen and oxygen atoms in total. The van der Waals surface area contributed by atoms with E-state index in [1.807, 2.05) is 13.0 Å². The number of pyridine rings is 1. The monoisotopic (exact) mass is 233 g/mol. The number of nitrogens with zero attached hydrogens (tertiary/aromatic N) is 1. The minimum atomic E-state index is 0.117. The highest BCUT2D eigenvalue weighted by Gasteiger charge is 2.24. The maximum absolute atomic E-state index is 12.1. The summed E-state index contributed by atoms with van der Waals surface area (Å²) in [5.74, 6) is 0.236. The summed E-state index contributed by atoms with van der Waals surface area (Å²) in [6.07, 6.45) is 5.26. The summed E-state index contributed by atoms with van der Waals surface area (Å²) in [5.41, 5.74) is 1.87. The summed E-state index contributed by atoms with van der Waals surface area (Å²) in [6.45, 7) is 5.02. The van der Waals surface area contributed by atoms with E-state index in [1.54, 1.807) is 12.4 Å². The molecule has 1 fully saturated rings. The van der Waals surface area contributed by atoms with Gasteiger partial charge >= 0.3 is 0 Å². The first-order chi connectivity index (χ1) is 8.16. The van der Waals surface area contributed by atoms with E-state index in [0.717, 1.165) is 30.6 Å². The van der Waals surface area contributed by atoms with E-state index in [1.165, 1.54) is 0 Å². The molecule has 1 aliphatic heterocycles. The van der Waals surface area contributed by atoms with Crippen molar-refractivity contribution in [3.8, 4) is 0 Å². The van der Waals surface area contributed by atoms with Gasteiger partial charge in [0.1, 0.15) is 0 Å². The van der Waals surface area contributed by atoms with Crippen LogP contribution < -0.4 is 10.6 Å². The van der Waals surface area contributed by atoms with Gasteiger partial charge in [-0.1, -0.05) is 0 Å². The summed E-state index contributed by atoms with van der Waals surface area (Å²) in [4.78, 5) is 16.1. The molecule has 1 aromatic rings. The predicted octanol–water partition coefficient (Wildman–Crippen LogP) is 1.72. The van der Waals surface area contributed by atoms with Crippen molar-refractivity contribution in [3.05, 3.63) is 24.0 Å². The van der Waals surface area contributed by atoms with Gasteiger partial charge in [-0.05, 0) is 44.9 Å². The molecule has 1 amide bonds. The van der Waals surface area contributed by atoms with Crippen LogP contribution >= 0.6 is 0 Å². The van der Waals surface area contributed by atoms with E-state index in [4.69, 9.17) is 0 Å². The van der Waals surface area contributed by atoms with Crippen molar-refractivity contribution in [2.24, 2.45) is 5.92 Å². The SMILES string of the molecule is Cc1ccncc1NC(=O)C1CCNC(C)C1. The number of carbonyl (C=O) groups excluding carboxylic acids is 1. The Balaban J connectivity index is 1.99. The van der Waals surface area contributed by atoms with Gasteiger partial charge in [-0.2, -0.15) is 0 Å². The van der Waals surface area contributed by atoms with Crippen molar-refractivity contribution in [1.29, 1.82) is 0 Å². The molecule has 0 aromatic carbocycles. The summed E-state index contributed by atoms with van der Waals surface area (Å²) in [7, 11) is 0. The molecule has 2 unspecified atom stereocenters. The highest BCUT2D eigenvalue weighted by molar-refractivity contribution is 5.93. The molecule has 92 valence electrons. The average molecular weight is 233 g/mol. The summed E-state index contributed by atoms with van der Waals surface area (Å²) in [6, 6.07) is 2.33. The topological polar surface area (TPSA) is 54.0 Å². The van der Waals surface area contributed by atoms with E-state index in [2.05, 4.69) is 22.5 Å². The third kappa shape index (κ3) is 3.03. The predicted molar refractivity (Wildman–Crippen MR) is 67.8 cm³/mol. The second-order valence-corrected chi connectivity index (χ2v) is 4.76. The van der Waals surface area contributed by atoms with E-state index in [9.17, 15) is 4.79 Å². The molecule has 0 saturated carbocycles.